The van der Waals surface area contributed by atoms with Gasteiger partial charge in [-0.25, -0.2) is 14.8 Å². The van der Waals surface area contributed by atoms with Crippen molar-refractivity contribution in [1.29, 1.82) is 0 Å². The van der Waals surface area contributed by atoms with Gasteiger partial charge in [0.05, 0.1) is 11.5 Å². The largest absolute Gasteiger partial charge is 0.447 e. The molecule has 7 nitrogen and oxygen atoms in total. The number of likely N-dealkylation sites (tertiary alicyclic amines) is 1. The SMILES string of the molecule is CC(C)OC(=O)N1CC2CC2C1.CN(C)c1ncnc2[nH]ccc12. The number of nitrogens with zero attached hydrogens (tertiary/aromatic N) is 4. The molecule has 0 aromatic carbocycles. The smallest absolute Gasteiger partial charge is 0.410 e. The van der Waals surface area contributed by atoms with Crippen molar-refractivity contribution in [2.75, 3.05) is 32.1 Å². The van der Waals surface area contributed by atoms with E-state index in [0.29, 0.717) is 0 Å². The highest BCUT2D eigenvalue weighted by atomic mass is 16.6. The summed E-state index contributed by atoms with van der Waals surface area (Å²) in [7, 11) is 3.93. The van der Waals surface area contributed by atoms with Crippen molar-refractivity contribution in [3.05, 3.63) is 18.6 Å². The molecule has 1 N–H and O–H groups in total. The summed E-state index contributed by atoms with van der Waals surface area (Å²) in [5.74, 6) is 2.54. The highest BCUT2D eigenvalue weighted by molar-refractivity contribution is 5.86. The van der Waals surface area contributed by atoms with Crippen molar-refractivity contribution < 1.29 is 9.53 Å². The van der Waals surface area contributed by atoms with Gasteiger partial charge in [0, 0.05) is 33.4 Å². The molecule has 7 heteroatoms. The normalized spacial score (nSPS) is 21.3. The molecule has 1 saturated carbocycles. The molecule has 2 aromatic heterocycles. The van der Waals surface area contributed by atoms with Crippen LogP contribution >= 0.6 is 0 Å². The predicted molar refractivity (Wildman–Crippen MR) is 93.0 cm³/mol. The lowest BCUT2D eigenvalue weighted by atomic mass is 10.3. The fraction of sp³-hybridized carbons (Fsp3) is 0.588. The number of hydrogen-bond donors (Lipinski definition) is 1. The van der Waals surface area contributed by atoms with Gasteiger partial charge >= 0.3 is 6.09 Å². The van der Waals surface area contributed by atoms with Crippen molar-refractivity contribution in [2.45, 2.75) is 26.4 Å². The van der Waals surface area contributed by atoms with Crippen LogP contribution in [0.15, 0.2) is 18.6 Å². The zero-order valence-corrected chi connectivity index (χ0v) is 14.7. The van der Waals surface area contributed by atoms with Crippen LogP contribution in [-0.4, -0.2) is 59.2 Å². The minimum Gasteiger partial charge on any atom is -0.447 e. The molecule has 2 unspecified atom stereocenters. The number of nitrogens with one attached hydrogen (secondary N) is 1. The Morgan fingerprint density at radius 1 is 1.33 bits per heavy atom. The number of anilines is 1. The minimum atomic E-state index is -0.128. The third kappa shape index (κ3) is 3.60. The molecule has 2 fully saturated rings. The van der Waals surface area contributed by atoms with Crippen LogP contribution in [0.2, 0.25) is 0 Å². The van der Waals surface area contributed by atoms with Crippen LogP contribution in [0, 0.1) is 11.8 Å². The number of rotatable bonds is 2. The van der Waals surface area contributed by atoms with Crippen molar-refractivity contribution in [3.63, 3.8) is 0 Å². The van der Waals surface area contributed by atoms with Crippen LogP contribution in [-0.2, 0) is 4.74 Å². The average molecular weight is 331 g/mol. The van der Waals surface area contributed by atoms with Crippen LogP contribution in [0.25, 0.3) is 11.0 Å². The third-order valence-electron chi connectivity index (χ3n) is 4.33. The summed E-state index contributed by atoms with van der Waals surface area (Å²) in [5.41, 5.74) is 0.883. The Bertz CT molecular complexity index is 702. The Hall–Kier alpha value is -2.31. The fourth-order valence-corrected chi connectivity index (χ4v) is 3.04. The van der Waals surface area contributed by atoms with E-state index in [-0.39, 0.29) is 12.2 Å². The summed E-state index contributed by atoms with van der Waals surface area (Å²) in [5, 5.41) is 1.06. The van der Waals surface area contributed by atoms with Crippen LogP contribution in [0.5, 0.6) is 0 Å². The zero-order chi connectivity index (χ0) is 17.3. The molecule has 24 heavy (non-hydrogen) atoms. The number of amides is 1. The minimum absolute atomic E-state index is 0.00873. The number of fused-ring (bicyclic) bond motifs is 2. The Morgan fingerprint density at radius 3 is 2.67 bits per heavy atom. The van der Waals surface area contributed by atoms with Gasteiger partial charge in [0.2, 0.25) is 0 Å². The second kappa shape index (κ2) is 6.67. The molecule has 1 aliphatic carbocycles. The van der Waals surface area contributed by atoms with Gasteiger partial charge in [-0.05, 0) is 38.2 Å². The Balaban J connectivity index is 0.000000141. The molecule has 2 atom stereocenters. The lowest BCUT2D eigenvalue weighted by Gasteiger charge is -2.18. The first kappa shape index (κ1) is 16.5. The number of aromatic amines is 1. The van der Waals surface area contributed by atoms with Crippen LogP contribution in [0.4, 0.5) is 10.6 Å². The lowest BCUT2D eigenvalue weighted by molar-refractivity contribution is 0.0804. The maximum atomic E-state index is 11.3. The number of carbonyl (C=O) groups excluding carboxylic acids is 1. The summed E-state index contributed by atoms with van der Waals surface area (Å²) < 4.78 is 5.09. The molecule has 0 spiro atoms. The van der Waals surface area contributed by atoms with Gasteiger partial charge in [-0.2, -0.15) is 0 Å². The predicted octanol–water partition coefficient (Wildman–Crippen LogP) is 2.51. The van der Waals surface area contributed by atoms with E-state index < -0.39 is 0 Å². The van der Waals surface area contributed by atoms with Crippen LogP contribution in [0.3, 0.4) is 0 Å². The molecule has 1 aliphatic heterocycles. The quantitative estimate of drug-likeness (QED) is 0.915. The molecule has 2 aliphatic rings. The molecule has 0 radical (unpaired) electrons. The number of H-pyrrole nitrogens is 1. The van der Waals surface area contributed by atoms with Gasteiger partial charge in [0.15, 0.2) is 0 Å². The average Bonchev–Trinajstić information content (AvgIpc) is 2.96. The number of piperidine rings is 1. The standard InChI is InChI=1S/C9H15NO2.C8H10N4/c1-6(2)12-9(11)10-4-7-3-8(7)5-10;1-12(2)8-6-3-4-9-7(6)10-5-11-8/h6-8H,3-5H2,1-2H3;3-5H,1-2H3,(H,9,10,11). The van der Waals surface area contributed by atoms with Crippen molar-refractivity contribution in [1.82, 2.24) is 19.9 Å². The summed E-state index contributed by atoms with van der Waals surface area (Å²) >= 11 is 0. The van der Waals surface area contributed by atoms with Gasteiger partial charge in [-0.3, -0.25) is 0 Å². The van der Waals surface area contributed by atoms with Gasteiger partial charge in [-0.1, -0.05) is 0 Å². The van der Waals surface area contributed by atoms with E-state index in [0.717, 1.165) is 41.8 Å². The number of ether oxygens (including phenoxy) is 1. The van der Waals surface area contributed by atoms with E-state index in [1.807, 2.05) is 50.0 Å². The van der Waals surface area contributed by atoms with Gasteiger partial charge in [0.1, 0.15) is 17.8 Å². The molecule has 2 aromatic rings. The zero-order valence-electron chi connectivity index (χ0n) is 14.7. The van der Waals surface area contributed by atoms with Gasteiger partial charge in [-0.15, -0.1) is 0 Å². The van der Waals surface area contributed by atoms with E-state index in [2.05, 4.69) is 15.0 Å². The number of hydrogen-bond acceptors (Lipinski definition) is 5. The summed E-state index contributed by atoms with van der Waals surface area (Å²) in [6, 6.07) is 1.98. The molecule has 1 amide bonds. The Labute approximate surface area is 142 Å². The third-order valence-corrected chi connectivity index (χ3v) is 4.33. The molecule has 0 bridgehead atoms. The van der Waals surface area contributed by atoms with E-state index in [4.69, 9.17) is 4.74 Å². The fourth-order valence-electron chi connectivity index (χ4n) is 3.04. The van der Waals surface area contributed by atoms with Crippen molar-refractivity contribution in [2.24, 2.45) is 11.8 Å². The van der Waals surface area contributed by atoms with E-state index >= 15 is 0 Å². The first-order chi connectivity index (χ1) is 11.5. The molecular weight excluding hydrogens is 306 g/mol. The topological polar surface area (TPSA) is 74.3 Å². The van der Waals surface area contributed by atoms with Crippen molar-refractivity contribution in [3.8, 4) is 0 Å². The monoisotopic (exact) mass is 331 g/mol. The van der Waals surface area contributed by atoms with Gasteiger partial charge < -0.3 is 19.5 Å². The molecule has 4 rings (SSSR count). The number of aromatic nitrogens is 3. The molecular formula is C17H25N5O2. The van der Waals surface area contributed by atoms with Crippen molar-refractivity contribution >= 4 is 22.9 Å². The van der Waals surface area contributed by atoms with Gasteiger partial charge in [0.25, 0.3) is 0 Å². The van der Waals surface area contributed by atoms with E-state index in [1.54, 1.807) is 6.33 Å². The molecule has 130 valence electrons. The Morgan fingerprint density at radius 2 is 2.04 bits per heavy atom. The van der Waals surface area contributed by atoms with E-state index in [9.17, 15) is 4.79 Å². The lowest BCUT2D eigenvalue weighted by Crippen LogP contribution is -2.32. The summed E-state index contributed by atoms with van der Waals surface area (Å²) in [6.45, 7) is 5.62. The first-order valence-electron chi connectivity index (χ1n) is 8.36. The summed E-state index contributed by atoms with van der Waals surface area (Å²) in [4.78, 5) is 26.4. The highest BCUT2D eigenvalue weighted by Crippen LogP contribution is 2.44. The van der Waals surface area contributed by atoms with Crippen LogP contribution in [0.1, 0.15) is 20.3 Å². The van der Waals surface area contributed by atoms with Crippen LogP contribution < -0.4 is 4.90 Å². The van der Waals surface area contributed by atoms with E-state index in [1.165, 1.54) is 6.42 Å². The second-order valence-electron chi connectivity index (χ2n) is 6.93. The summed E-state index contributed by atoms with van der Waals surface area (Å²) in [6.07, 6.45) is 4.64. The first-order valence-corrected chi connectivity index (χ1v) is 8.36. The maximum Gasteiger partial charge on any atom is 0.410 e. The Kier molecular flexibility index (Phi) is 4.59. The maximum absolute atomic E-state index is 11.3. The molecule has 1 saturated heterocycles. The second-order valence-corrected chi connectivity index (χ2v) is 6.93. The molecule has 3 heterocycles. The number of carbonyl (C=O) groups is 1. The highest BCUT2D eigenvalue weighted by Gasteiger charge is 2.47.